The van der Waals surface area contributed by atoms with Crippen LogP contribution in [0.1, 0.15) is 15.9 Å². The molecule has 4 rings (SSSR count). The first-order valence-corrected chi connectivity index (χ1v) is 8.82. The first-order chi connectivity index (χ1) is 14.0. The maximum atomic E-state index is 14.1. The van der Waals surface area contributed by atoms with E-state index in [0.29, 0.717) is 11.0 Å². The van der Waals surface area contributed by atoms with Gasteiger partial charge in [-0.25, -0.2) is 13.8 Å². The van der Waals surface area contributed by atoms with Crippen molar-refractivity contribution in [3.8, 4) is 0 Å². The molecular weight excluding hydrogens is 376 g/mol. The summed E-state index contributed by atoms with van der Waals surface area (Å²) in [6, 6.07) is 16.5. The van der Waals surface area contributed by atoms with Crippen molar-refractivity contribution in [3.63, 3.8) is 0 Å². The van der Waals surface area contributed by atoms with Crippen LogP contribution in [0, 0.1) is 11.6 Å². The highest BCUT2D eigenvalue weighted by Crippen LogP contribution is 2.17. The minimum absolute atomic E-state index is 0.0381. The van der Waals surface area contributed by atoms with Gasteiger partial charge >= 0.3 is 0 Å². The van der Waals surface area contributed by atoms with E-state index in [9.17, 15) is 18.4 Å². The van der Waals surface area contributed by atoms with E-state index in [1.54, 1.807) is 36.4 Å². The number of halogens is 2. The van der Waals surface area contributed by atoms with E-state index in [0.717, 1.165) is 0 Å². The van der Waals surface area contributed by atoms with Crippen molar-refractivity contribution in [1.82, 2.24) is 9.55 Å². The highest BCUT2D eigenvalue weighted by molar-refractivity contribution is 6.05. The third-order valence-corrected chi connectivity index (χ3v) is 4.50. The Balaban J connectivity index is 1.82. The lowest BCUT2D eigenvalue weighted by Gasteiger charge is -2.13. The van der Waals surface area contributed by atoms with Crippen LogP contribution in [0.3, 0.4) is 0 Å². The van der Waals surface area contributed by atoms with Gasteiger partial charge in [-0.3, -0.25) is 14.2 Å². The summed E-state index contributed by atoms with van der Waals surface area (Å²) in [5, 5.41) is 2.94. The molecule has 0 aliphatic rings. The van der Waals surface area contributed by atoms with E-state index in [2.05, 4.69) is 10.3 Å². The average molecular weight is 391 g/mol. The molecule has 2 aromatic heterocycles. The molecule has 0 aliphatic carbocycles. The number of hydrogen-bond acceptors (Lipinski definition) is 3. The first-order valence-electron chi connectivity index (χ1n) is 8.82. The van der Waals surface area contributed by atoms with Crippen LogP contribution in [-0.4, -0.2) is 15.5 Å². The lowest BCUT2D eigenvalue weighted by molar-refractivity contribution is 0.102. The van der Waals surface area contributed by atoms with Crippen molar-refractivity contribution in [1.29, 1.82) is 0 Å². The molecule has 144 valence electrons. The number of nitrogens with one attached hydrogen (secondary N) is 1. The van der Waals surface area contributed by atoms with Crippen molar-refractivity contribution in [2.24, 2.45) is 0 Å². The van der Waals surface area contributed by atoms with Crippen LogP contribution in [-0.2, 0) is 6.54 Å². The largest absolute Gasteiger partial charge is 0.319 e. The van der Waals surface area contributed by atoms with Crippen LogP contribution < -0.4 is 10.9 Å². The second-order valence-corrected chi connectivity index (χ2v) is 6.39. The van der Waals surface area contributed by atoms with Gasteiger partial charge in [-0.1, -0.05) is 30.3 Å². The first kappa shape index (κ1) is 18.5. The van der Waals surface area contributed by atoms with Crippen LogP contribution in [0.5, 0.6) is 0 Å². The Hall–Kier alpha value is -3.87. The molecule has 4 aromatic rings. The summed E-state index contributed by atoms with van der Waals surface area (Å²) in [7, 11) is 0. The number of nitrogens with zero attached hydrogens (tertiary/aromatic N) is 2. The number of para-hydroxylation sites is 1. The van der Waals surface area contributed by atoms with Crippen molar-refractivity contribution < 1.29 is 13.6 Å². The van der Waals surface area contributed by atoms with E-state index < -0.39 is 23.1 Å². The molecule has 0 aliphatic heterocycles. The normalized spacial score (nSPS) is 10.8. The standard InChI is InChI=1S/C22H15F2N3O2/c23-17-8-2-1-6-15(17)13-27-20-14(7-5-11-25-20)12-16(22(27)29)21(28)26-19-10-4-3-9-18(19)24/h1-12H,13H2,(H,26,28). The zero-order valence-corrected chi connectivity index (χ0v) is 15.1. The molecular formula is C22H15F2N3O2. The summed E-state index contributed by atoms with van der Waals surface area (Å²) in [5.74, 6) is -1.84. The lowest BCUT2D eigenvalue weighted by atomic mass is 10.1. The summed E-state index contributed by atoms with van der Waals surface area (Å²) in [6.45, 7) is -0.0974. The number of carbonyl (C=O) groups excluding carboxylic acids is 1. The zero-order chi connectivity index (χ0) is 20.4. The Bertz CT molecular complexity index is 1280. The predicted octanol–water partition coefficient (Wildman–Crippen LogP) is 3.98. The molecule has 0 atom stereocenters. The molecule has 5 nitrogen and oxygen atoms in total. The maximum absolute atomic E-state index is 14.1. The predicted molar refractivity (Wildman–Crippen MR) is 106 cm³/mol. The fourth-order valence-electron chi connectivity index (χ4n) is 3.06. The molecule has 0 fully saturated rings. The lowest BCUT2D eigenvalue weighted by Crippen LogP contribution is -2.30. The number of benzene rings is 2. The number of hydrogen-bond donors (Lipinski definition) is 1. The van der Waals surface area contributed by atoms with Crippen LogP contribution in [0.2, 0.25) is 0 Å². The van der Waals surface area contributed by atoms with Crippen molar-refractivity contribution in [3.05, 3.63) is 106 Å². The molecule has 0 bridgehead atoms. The van der Waals surface area contributed by atoms with E-state index in [4.69, 9.17) is 0 Å². The minimum atomic E-state index is -0.756. The maximum Gasteiger partial charge on any atom is 0.265 e. The van der Waals surface area contributed by atoms with Gasteiger partial charge in [-0.2, -0.15) is 0 Å². The molecule has 0 saturated carbocycles. The molecule has 2 heterocycles. The number of rotatable bonds is 4. The fraction of sp³-hybridized carbons (Fsp3) is 0.0455. The Kier molecular flexibility index (Phi) is 4.87. The SMILES string of the molecule is O=C(Nc1ccccc1F)c1cc2cccnc2n(Cc2ccccc2F)c1=O. The van der Waals surface area contributed by atoms with Gasteiger partial charge in [-0.15, -0.1) is 0 Å². The smallest absolute Gasteiger partial charge is 0.265 e. The molecule has 7 heteroatoms. The summed E-state index contributed by atoms with van der Waals surface area (Å²) >= 11 is 0. The quantitative estimate of drug-likeness (QED) is 0.572. The number of fused-ring (bicyclic) bond motifs is 1. The average Bonchev–Trinajstić information content (AvgIpc) is 2.73. The summed E-state index contributed by atoms with van der Waals surface area (Å²) in [5.41, 5.74) is -0.265. The molecule has 29 heavy (non-hydrogen) atoms. The zero-order valence-electron chi connectivity index (χ0n) is 15.1. The van der Waals surface area contributed by atoms with Gasteiger partial charge in [-0.05, 0) is 36.4 Å². The van der Waals surface area contributed by atoms with E-state index in [-0.39, 0.29) is 23.4 Å². The monoisotopic (exact) mass is 391 g/mol. The number of pyridine rings is 2. The topological polar surface area (TPSA) is 64.0 Å². The molecule has 0 saturated heterocycles. The molecule has 2 aromatic carbocycles. The van der Waals surface area contributed by atoms with Crippen LogP contribution in [0.15, 0.2) is 77.7 Å². The number of aromatic nitrogens is 2. The van der Waals surface area contributed by atoms with Gasteiger partial charge in [0, 0.05) is 17.1 Å². The summed E-state index contributed by atoms with van der Waals surface area (Å²) in [4.78, 5) is 30.0. The highest BCUT2D eigenvalue weighted by Gasteiger charge is 2.18. The second kappa shape index (κ2) is 7.63. The van der Waals surface area contributed by atoms with Gasteiger partial charge in [0.2, 0.25) is 0 Å². The van der Waals surface area contributed by atoms with Crippen LogP contribution in [0.25, 0.3) is 11.0 Å². The Morgan fingerprint density at radius 3 is 2.45 bits per heavy atom. The van der Waals surface area contributed by atoms with Crippen molar-refractivity contribution in [2.45, 2.75) is 6.54 Å². The molecule has 0 spiro atoms. The van der Waals surface area contributed by atoms with Gasteiger partial charge in [0.1, 0.15) is 22.8 Å². The van der Waals surface area contributed by atoms with Crippen molar-refractivity contribution in [2.75, 3.05) is 5.32 Å². The number of anilines is 1. The third-order valence-electron chi connectivity index (χ3n) is 4.50. The fourth-order valence-corrected chi connectivity index (χ4v) is 3.06. The minimum Gasteiger partial charge on any atom is -0.319 e. The van der Waals surface area contributed by atoms with E-state index in [1.807, 2.05) is 0 Å². The second-order valence-electron chi connectivity index (χ2n) is 6.39. The molecule has 0 unspecified atom stereocenters. The van der Waals surface area contributed by atoms with Gasteiger partial charge in [0.05, 0.1) is 12.2 Å². The van der Waals surface area contributed by atoms with Crippen LogP contribution in [0.4, 0.5) is 14.5 Å². The highest BCUT2D eigenvalue weighted by atomic mass is 19.1. The molecule has 0 radical (unpaired) electrons. The Labute approximate surface area is 164 Å². The van der Waals surface area contributed by atoms with Gasteiger partial charge < -0.3 is 5.32 Å². The van der Waals surface area contributed by atoms with E-state index in [1.165, 1.54) is 41.1 Å². The summed E-state index contributed by atoms with van der Waals surface area (Å²) in [6.07, 6.45) is 1.51. The molecule has 1 amide bonds. The Morgan fingerprint density at radius 1 is 0.966 bits per heavy atom. The van der Waals surface area contributed by atoms with Gasteiger partial charge in [0.25, 0.3) is 11.5 Å². The number of amides is 1. The number of carbonyl (C=O) groups is 1. The summed E-state index contributed by atoms with van der Waals surface area (Å²) < 4.78 is 29.3. The molecule has 1 N–H and O–H groups in total. The Morgan fingerprint density at radius 2 is 1.69 bits per heavy atom. The van der Waals surface area contributed by atoms with Crippen molar-refractivity contribution >= 4 is 22.6 Å². The third kappa shape index (κ3) is 3.62. The van der Waals surface area contributed by atoms with E-state index >= 15 is 0 Å². The van der Waals surface area contributed by atoms with Gasteiger partial charge in [0.15, 0.2) is 0 Å². The van der Waals surface area contributed by atoms with Crippen LogP contribution >= 0.6 is 0 Å².